The predicted octanol–water partition coefficient (Wildman–Crippen LogP) is 2.52. The summed E-state index contributed by atoms with van der Waals surface area (Å²) >= 11 is 0. The average Bonchev–Trinajstić information content (AvgIpc) is 3.32. The molecule has 4 aromatic rings. The monoisotopic (exact) mass is 376 g/mol. The summed E-state index contributed by atoms with van der Waals surface area (Å²) < 4.78 is 5.51. The summed E-state index contributed by atoms with van der Waals surface area (Å²) in [6, 6.07) is 18.5. The Labute approximate surface area is 160 Å². The molecule has 7 nitrogen and oxygen atoms in total. The molecule has 0 amide bonds. The largest absolute Gasteiger partial charge is 0.492 e. The summed E-state index contributed by atoms with van der Waals surface area (Å²) in [6.07, 6.45) is 1.31. The van der Waals surface area contributed by atoms with E-state index in [1.165, 1.54) is 12.3 Å². The number of hydrogen-bond donors (Lipinski definition) is 3. The van der Waals surface area contributed by atoms with Crippen molar-refractivity contribution < 1.29 is 19.4 Å². The number of para-hydroxylation sites is 1. The van der Waals surface area contributed by atoms with Crippen LogP contribution in [-0.2, 0) is 0 Å². The van der Waals surface area contributed by atoms with Gasteiger partial charge in [0.1, 0.15) is 11.7 Å². The second-order valence-corrected chi connectivity index (χ2v) is 6.51. The predicted molar refractivity (Wildman–Crippen MR) is 106 cm³/mol. The first-order valence-electron chi connectivity index (χ1n) is 8.77. The zero-order valence-electron chi connectivity index (χ0n) is 14.8. The van der Waals surface area contributed by atoms with Crippen LogP contribution in [0.4, 0.5) is 0 Å². The third-order valence-electron chi connectivity index (χ3n) is 4.81. The number of hydrogen-bond acceptors (Lipinski definition) is 5. The molecule has 0 fully saturated rings. The van der Waals surface area contributed by atoms with Gasteiger partial charge < -0.3 is 19.4 Å². The van der Waals surface area contributed by atoms with Gasteiger partial charge in [-0.3, -0.25) is 10.1 Å². The lowest BCUT2D eigenvalue weighted by Gasteiger charge is -2.15. The number of rotatable bonds is 6. The van der Waals surface area contributed by atoms with Crippen LogP contribution < -0.4 is 5.46 Å². The van der Waals surface area contributed by atoms with Gasteiger partial charge in [0.2, 0.25) is 6.54 Å². The molecule has 1 unspecified atom stereocenters. The average molecular weight is 376 g/mol. The number of fused-ring (bicyclic) bond motifs is 1. The van der Waals surface area contributed by atoms with E-state index in [-0.39, 0.29) is 11.2 Å². The lowest BCUT2D eigenvalue weighted by molar-refractivity contribution is -0.482. The molecule has 4 rings (SSSR count). The molecule has 2 aromatic heterocycles. The molecular formula is C20H17BN2O5. The molecule has 0 bridgehead atoms. The molecule has 1 atom stereocenters. The minimum absolute atomic E-state index is 0.121. The zero-order chi connectivity index (χ0) is 19.7. The maximum absolute atomic E-state index is 11.5. The minimum Gasteiger partial charge on any atom is -0.469 e. The Kier molecular flexibility index (Phi) is 4.73. The van der Waals surface area contributed by atoms with E-state index in [1.807, 2.05) is 54.6 Å². The first-order valence-corrected chi connectivity index (χ1v) is 8.77. The van der Waals surface area contributed by atoms with Crippen molar-refractivity contribution in [2.45, 2.75) is 5.92 Å². The van der Waals surface area contributed by atoms with Crippen molar-refractivity contribution in [1.29, 1.82) is 0 Å². The number of H-pyrrole nitrogens is 1. The van der Waals surface area contributed by atoms with Crippen LogP contribution in [0.15, 0.2) is 71.3 Å². The molecule has 0 saturated carbocycles. The summed E-state index contributed by atoms with van der Waals surface area (Å²) in [5.41, 5.74) is 3.26. The molecule has 0 spiro atoms. The maximum Gasteiger partial charge on any atom is 0.492 e. The van der Waals surface area contributed by atoms with Crippen molar-refractivity contribution in [2.75, 3.05) is 6.54 Å². The summed E-state index contributed by atoms with van der Waals surface area (Å²) in [4.78, 5) is 14.4. The van der Waals surface area contributed by atoms with E-state index in [0.29, 0.717) is 5.56 Å². The Morgan fingerprint density at radius 3 is 2.50 bits per heavy atom. The highest BCUT2D eigenvalue weighted by molar-refractivity contribution is 6.59. The first kappa shape index (κ1) is 18.0. The highest BCUT2D eigenvalue weighted by Crippen LogP contribution is 2.38. The normalized spacial score (nSPS) is 12.2. The third kappa shape index (κ3) is 3.19. The molecule has 0 aliphatic heterocycles. The molecule has 2 heterocycles. The quantitative estimate of drug-likeness (QED) is 0.272. The zero-order valence-corrected chi connectivity index (χ0v) is 14.8. The fourth-order valence-electron chi connectivity index (χ4n) is 3.64. The molecule has 28 heavy (non-hydrogen) atoms. The van der Waals surface area contributed by atoms with Crippen molar-refractivity contribution in [3.8, 4) is 11.3 Å². The van der Waals surface area contributed by atoms with E-state index in [4.69, 9.17) is 4.42 Å². The van der Waals surface area contributed by atoms with Gasteiger partial charge in [-0.1, -0.05) is 48.5 Å². The Bertz CT molecular complexity index is 1120. The molecular weight excluding hydrogens is 359 g/mol. The van der Waals surface area contributed by atoms with Crippen molar-refractivity contribution in [3.05, 3.63) is 88.4 Å². The summed E-state index contributed by atoms with van der Waals surface area (Å²) in [5, 5.41) is 31.7. The molecule has 140 valence electrons. The van der Waals surface area contributed by atoms with E-state index >= 15 is 0 Å². The molecule has 0 aliphatic carbocycles. The fourth-order valence-corrected chi connectivity index (χ4v) is 3.64. The maximum atomic E-state index is 11.5. The number of nitrogens with one attached hydrogen (secondary N) is 1. The van der Waals surface area contributed by atoms with Gasteiger partial charge in [0, 0.05) is 26.9 Å². The number of furan rings is 1. The lowest BCUT2D eigenvalue weighted by atomic mass is 9.76. The topological polar surface area (TPSA) is 113 Å². The van der Waals surface area contributed by atoms with Gasteiger partial charge in [-0.2, -0.15) is 0 Å². The van der Waals surface area contributed by atoms with Crippen LogP contribution in [0.25, 0.3) is 22.2 Å². The van der Waals surface area contributed by atoms with Crippen LogP contribution in [0.1, 0.15) is 17.2 Å². The van der Waals surface area contributed by atoms with E-state index in [2.05, 4.69) is 4.98 Å². The van der Waals surface area contributed by atoms with Crippen molar-refractivity contribution in [2.24, 2.45) is 0 Å². The van der Waals surface area contributed by atoms with E-state index in [0.717, 1.165) is 22.2 Å². The highest BCUT2D eigenvalue weighted by Gasteiger charge is 2.34. The van der Waals surface area contributed by atoms with Gasteiger partial charge in [-0.25, -0.2) is 0 Å². The Morgan fingerprint density at radius 2 is 1.79 bits per heavy atom. The standard InChI is InChI=1S/C20H17BN2O5/c24-21(25)16-10-11-28-20(16)15(12-23(26)27)18-14-8-4-5-9-17(14)22-19(18)13-6-2-1-3-7-13/h1-11,15,22,24-25H,12H2. The Hall–Kier alpha value is -3.36. The van der Waals surface area contributed by atoms with Gasteiger partial charge in [0.15, 0.2) is 0 Å². The van der Waals surface area contributed by atoms with Crippen LogP contribution >= 0.6 is 0 Å². The van der Waals surface area contributed by atoms with Gasteiger partial charge in [-0.05, 0) is 17.7 Å². The van der Waals surface area contributed by atoms with Crippen LogP contribution in [0.3, 0.4) is 0 Å². The van der Waals surface area contributed by atoms with Crippen molar-refractivity contribution >= 4 is 23.5 Å². The van der Waals surface area contributed by atoms with Crippen LogP contribution in [0.5, 0.6) is 0 Å². The van der Waals surface area contributed by atoms with E-state index in [1.54, 1.807) is 0 Å². The number of nitrogens with zero attached hydrogens (tertiary/aromatic N) is 1. The molecule has 2 aromatic carbocycles. The number of aromatic amines is 1. The van der Waals surface area contributed by atoms with Crippen LogP contribution in [0.2, 0.25) is 0 Å². The molecule has 8 heteroatoms. The van der Waals surface area contributed by atoms with E-state index < -0.39 is 24.5 Å². The lowest BCUT2D eigenvalue weighted by Crippen LogP contribution is -2.33. The van der Waals surface area contributed by atoms with Crippen LogP contribution in [0, 0.1) is 10.1 Å². The highest BCUT2D eigenvalue weighted by atomic mass is 16.6. The second kappa shape index (κ2) is 7.34. The summed E-state index contributed by atoms with van der Waals surface area (Å²) in [5.74, 6) is -0.623. The number of benzene rings is 2. The SMILES string of the molecule is O=[N+]([O-])CC(c1occc1B(O)O)c1c(-c2ccccc2)[nH]c2ccccc12. The van der Waals surface area contributed by atoms with Gasteiger partial charge in [-0.15, -0.1) is 0 Å². The van der Waals surface area contributed by atoms with Gasteiger partial charge >= 0.3 is 7.12 Å². The number of aromatic nitrogens is 1. The molecule has 0 saturated heterocycles. The van der Waals surface area contributed by atoms with Crippen LogP contribution in [-0.4, -0.2) is 33.6 Å². The van der Waals surface area contributed by atoms with Gasteiger partial charge in [0.25, 0.3) is 0 Å². The van der Waals surface area contributed by atoms with Crippen molar-refractivity contribution in [3.63, 3.8) is 0 Å². The molecule has 3 N–H and O–H groups in total. The molecule has 0 radical (unpaired) electrons. The van der Waals surface area contributed by atoms with Gasteiger partial charge in [0.05, 0.1) is 12.0 Å². The smallest absolute Gasteiger partial charge is 0.469 e. The third-order valence-corrected chi connectivity index (χ3v) is 4.81. The first-order chi connectivity index (χ1) is 13.6. The Morgan fingerprint density at radius 1 is 1.07 bits per heavy atom. The van der Waals surface area contributed by atoms with Crippen molar-refractivity contribution in [1.82, 2.24) is 4.98 Å². The Balaban J connectivity index is 2.00. The summed E-state index contributed by atoms with van der Waals surface area (Å²) in [7, 11) is -1.78. The second-order valence-electron chi connectivity index (χ2n) is 6.51. The minimum atomic E-state index is -1.78. The fraction of sp³-hybridized carbons (Fsp3) is 0.100. The molecule has 0 aliphatic rings. The number of nitro groups is 1. The summed E-state index contributed by atoms with van der Waals surface area (Å²) in [6.45, 7) is -0.449. The van der Waals surface area contributed by atoms with E-state index in [9.17, 15) is 20.2 Å².